The van der Waals surface area contributed by atoms with Gasteiger partial charge in [0.1, 0.15) is 5.82 Å². The molecule has 0 spiro atoms. The lowest BCUT2D eigenvalue weighted by atomic mass is 10.1. The molecule has 0 radical (unpaired) electrons. The van der Waals surface area contributed by atoms with E-state index < -0.39 is 0 Å². The van der Waals surface area contributed by atoms with Crippen LogP contribution in [-0.4, -0.2) is 43.1 Å². The molecule has 0 bridgehead atoms. The highest BCUT2D eigenvalue weighted by atomic mass is 19.1. The molecular formula is C20H35FN4. The van der Waals surface area contributed by atoms with Gasteiger partial charge in [-0.25, -0.2) is 9.38 Å². The Labute approximate surface area is 152 Å². The molecule has 0 aromatic heterocycles. The Bertz CT molecular complexity index is 526. The Hall–Kier alpha value is -1.62. The maximum absolute atomic E-state index is 13.6. The van der Waals surface area contributed by atoms with Gasteiger partial charge in [0.25, 0.3) is 0 Å². The van der Waals surface area contributed by atoms with E-state index in [4.69, 9.17) is 0 Å². The van der Waals surface area contributed by atoms with Gasteiger partial charge >= 0.3 is 0 Å². The van der Waals surface area contributed by atoms with Crippen molar-refractivity contribution in [3.05, 3.63) is 35.1 Å². The summed E-state index contributed by atoms with van der Waals surface area (Å²) in [6, 6.07) is 5.65. The quantitative estimate of drug-likeness (QED) is 0.499. The predicted octanol–water partition coefficient (Wildman–Crippen LogP) is 3.70. The van der Waals surface area contributed by atoms with Gasteiger partial charge < -0.3 is 15.5 Å². The minimum absolute atomic E-state index is 0.171. The van der Waals surface area contributed by atoms with Crippen LogP contribution < -0.4 is 10.6 Å². The van der Waals surface area contributed by atoms with Crippen LogP contribution in [0.2, 0.25) is 0 Å². The molecule has 0 aliphatic carbocycles. The Kier molecular flexibility index (Phi) is 10.2. The van der Waals surface area contributed by atoms with E-state index in [0.717, 1.165) is 44.1 Å². The Morgan fingerprint density at radius 1 is 1.24 bits per heavy atom. The summed E-state index contributed by atoms with van der Waals surface area (Å²) in [5.41, 5.74) is 1.55. The molecular weight excluding hydrogens is 315 g/mol. The van der Waals surface area contributed by atoms with Gasteiger partial charge in [-0.1, -0.05) is 26.0 Å². The number of hydrogen-bond acceptors (Lipinski definition) is 2. The van der Waals surface area contributed by atoms with Crippen LogP contribution >= 0.6 is 0 Å². The molecule has 0 amide bonds. The average molecular weight is 351 g/mol. The summed E-state index contributed by atoms with van der Waals surface area (Å²) in [5.74, 6) is 0.620. The largest absolute Gasteiger partial charge is 0.357 e. The molecule has 0 saturated heterocycles. The summed E-state index contributed by atoms with van der Waals surface area (Å²) in [7, 11) is 0. The predicted molar refractivity (Wildman–Crippen MR) is 106 cm³/mol. The van der Waals surface area contributed by atoms with Gasteiger partial charge in [0.05, 0.1) is 6.54 Å². The van der Waals surface area contributed by atoms with Crippen LogP contribution in [0, 0.1) is 12.7 Å². The van der Waals surface area contributed by atoms with Gasteiger partial charge in [-0.2, -0.15) is 0 Å². The molecule has 0 aliphatic rings. The van der Waals surface area contributed by atoms with Crippen molar-refractivity contribution in [1.29, 1.82) is 0 Å². The van der Waals surface area contributed by atoms with E-state index in [0.29, 0.717) is 18.2 Å². The van der Waals surface area contributed by atoms with E-state index in [1.807, 2.05) is 13.0 Å². The monoisotopic (exact) mass is 350 g/mol. The number of aryl methyl sites for hydroxylation is 1. The van der Waals surface area contributed by atoms with Gasteiger partial charge in [-0.3, -0.25) is 0 Å². The maximum atomic E-state index is 13.6. The number of nitrogens with zero attached hydrogens (tertiary/aromatic N) is 2. The Morgan fingerprint density at radius 3 is 2.56 bits per heavy atom. The molecule has 1 atom stereocenters. The first-order chi connectivity index (χ1) is 12.0. The van der Waals surface area contributed by atoms with E-state index in [2.05, 4.69) is 41.3 Å². The fraction of sp³-hybridized carbons (Fsp3) is 0.650. The standard InChI is InChI=1S/C20H35FN4/c1-6-22-20(23-15-18-12-11-16(4)19(21)14-18)24-17(5)10-9-13-25(7-2)8-3/h11-12,14,17H,6-10,13,15H2,1-5H3,(H2,22,23,24). The van der Waals surface area contributed by atoms with Gasteiger partial charge in [0.2, 0.25) is 0 Å². The number of aliphatic imine (C=N–C) groups is 1. The Balaban J connectivity index is 2.52. The summed E-state index contributed by atoms with van der Waals surface area (Å²) in [4.78, 5) is 7.03. The molecule has 0 fully saturated rings. The summed E-state index contributed by atoms with van der Waals surface area (Å²) in [6.45, 7) is 15.0. The highest BCUT2D eigenvalue weighted by molar-refractivity contribution is 5.80. The van der Waals surface area contributed by atoms with Crippen LogP contribution in [0.5, 0.6) is 0 Å². The van der Waals surface area contributed by atoms with E-state index in [1.165, 1.54) is 6.42 Å². The molecule has 5 heteroatoms. The van der Waals surface area contributed by atoms with Crippen molar-refractivity contribution >= 4 is 5.96 Å². The first kappa shape index (κ1) is 21.4. The van der Waals surface area contributed by atoms with E-state index >= 15 is 0 Å². The lowest BCUT2D eigenvalue weighted by Gasteiger charge is -2.21. The fourth-order valence-electron chi connectivity index (χ4n) is 2.69. The van der Waals surface area contributed by atoms with Gasteiger partial charge in [0.15, 0.2) is 5.96 Å². The van der Waals surface area contributed by atoms with Crippen LogP contribution in [0.3, 0.4) is 0 Å². The highest BCUT2D eigenvalue weighted by Crippen LogP contribution is 2.10. The molecule has 1 aromatic carbocycles. The second-order valence-corrected chi connectivity index (χ2v) is 6.49. The van der Waals surface area contributed by atoms with Crippen LogP contribution in [0.15, 0.2) is 23.2 Å². The number of hydrogen-bond donors (Lipinski definition) is 2. The third kappa shape index (κ3) is 8.34. The lowest BCUT2D eigenvalue weighted by Crippen LogP contribution is -2.42. The van der Waals surface area contributed by atoms with E-state index in [9.17, 15) is 4.39 Å². The molecule has 0 saturated carbocycles. The molecule has 25 heavy (non-hydrogen) atoms. The summed E-state index contributed by atoms with van der Waals surface area (Å²) < 4.78 is 13.6. The highest BCUT2D eigenvalue weighted by Gasteiger charge is 2.07. The van der Waals surface area contributed by atoms with Crippen LogP contribution in [0.25, 0.3) is 0 Å². The Morgan fingerprint density at radius 2 is 1.96 bits per heavy atom. The molecule has 4 nitrogen and oxygen atoms in total. The summed E-state index contributed by atoms with van der Waals surface area (Å²) in [5, 5.41) is 6.72. The molecule has 1 aromatic rings. The normalized spacial score (nSPS) is 13.2. The van der Waals surface area contributed by atoms with Gasteiger partial charge in [0, 0.05) is 12.6 Å². The molecule has 2 N–H and O–H groups in total. The van der Waals surface area contributed by atoms with Crippen molar-refractivity contribution in [2.45, 2.75) is 60.0 Å². The number of benzene rings is 1. The molecule has 0 heterocycles. The molecule has 142 valence electrons. The third-order valence-corrected chi connectivity index (χ3v) is 4.39. The van der Waals surface area contributed by atoms with E-state index in [-0.39, 0.29) is 5.82 Å². The molecule has 1 unspecified atom stereocenters. The van der Waals surface area contributed by atoms with Crippen LogP contribution in [-0.2, 0) is 6.54 Å². The second kappa shape index (κ2) is 11.9. The number of nitrogens with one attached hydrogen (secondary N) is 2. The summed E-state index contributed by atoms with van der Waals surface area (Å²) in [6.07, 6.45) is 2.26. The van der Waals surface area contributed by atoms with Gasteiger partial charge in [-0.15, -0.1) is 0 Å². The van der Waals surface area contributed by atoms with Crippen LogP contribution in [0.4, 0.5) is 4.39 Å². The average Bonchev–Trinajstić information content (AvgIpc) is 2.59. The van der Waals surface area contributed by atoms with Gasteiger partial charge in [-0.05, 0) is 70.4 Å². The minimum Gasteiger partial charge on any atom is -0.357 e. The lowest BCUT2D eigenvalue weighted by molar-refractivity contribution is 0.292. The van der Waals surface area contributed by atoms with Crippen molar-refractivity contribution in [1.82, 2.24) is 15.5 Å². The zero-order valence-electron chi connectivity index (χ0n) is 16.5. The molecule has 1 rings (SSSR count). The third-order valence-electron chi connectivity index (χ3n) is 4.39. The zero-order chi connectivity index (χ0) is 18.7. The van der Waals surface area contributed by atoms with Crippen molar-refractivity contribution in [3.63, 3.8) is 0 Å². The molecule has 0 aliphatic heterocycles. The summed E-state index contributed by atoms with van der Waals surface area (Å²) >= 11 is 0. The first-order valence-electron chi connectivity index (χ1n) is 9.52. The van der Waals surface area contributed by atoms with Crippen molar-refractivity contribution in [3.8, 4) is 0 Å². The van der Waals surface area contributed by atoms with Crippen LogP contribution in [0.1, 0.15) is 51.7 Å². The van der Waals surface area contributed by atoms with Crippen molar-refractivity contribution in [2.75, 3.05) is 26.2 Å². The smallest absolute Gasteiger partial charge is 0.191 e. The number of halogens is 1. The second-order valence-electron chi connectivity index (χ2n) is 6.49. The maximum Gasteiger partial charge on any atom is 0.191 e. The van der Waals surface area contributed by atoms with E-state index in [1.54, 1.807) is 19.1 Å². The fourth-order valence-corrected chi connectivity index (χ4v) is 2.69. The topological polar surface area (TPSA) is 39.7 Å². The number of rotatable bonds is 10. The zero-order valence-corrected chi connectivity index (χ0v) is 16.5. The van der Waals surface area contributed by atoms with Crippen molar-refractivity contribution < 1.29 is 4.39 Å². The van der Waals surface area contributed by atoms with Crippen molar-refractivity contribution in [2.24, 2.45) is 4.99 Å². The first-order valence-corrected chi connectivity index (χ1v) is 9.52. The minimum atomic E-state index is -0.171. The SMILES string of the molecule is CCNC(=NCc1ccc(C)c(F)c1)NC(C)CCCN(CC)CC. The number of guanidine groups is 1.